The number of aryl methyl sites for hydroxylation is 1. The Balaban J connectivity index is 2.22. The van der Waals surface area contributed by atoms with E-state index >= 15 is 0 Å². The summed E-state index contributed by atoms with van der Waals surface area (Å²) in [4.78, 5) is 15.9. The predicted octanol–water partition coefficient (Wildman–Crippen LogP) is 3.95. The van der Waals surface area contributed by atoms with Gasteiger partial charge in [0.1, 0.15) is 0 Å². The van der Waals surface area contributed by atoms with Crippen molar-refractivity contribution in [2.45, 2.75) is 6.92 Å². The van der Waals surface area contributed by atoms with E-state index in [0.29, 0.717) is 16.3 Å². The van der Waals surface area contributed by atoms with E-state index in [1.54, 1.807) is 36.5 Å². The number of benzene rings is 1. The fraction of sp³-hybridized carbons (Fsp3) is 0.0769. The molecule has 0 saturated heterocycles. The van der Waals surface area contributed by atoms with Gasteiger partial charge in [0.25, 0.3) is 5.91 Å². The zero-order valence-electron chi connectivity index (χ0n) is 9.58. The van der Waals surface area contributed by atoms with Crippen LogP contribution in [0.2, 0.25) is 10.2 Å². The number of hydrogen-bond donors (Lipinski definition) is 1. The molecule has 0 aliphatic carbocycles. The van der Waals surface area contributed by atoms with Gasteiger partial charge in [-0.15, -0.1) is 0 Å². The molecule has 2 aromatic rings. The van der Waals surface area contributed by atoms with Crippen molar-refractivity contribution in [1.29, 1.82) is 0 Å². The first-order chi connectivity index (χ1) is 8.58. The van der Waals surface area contributed by atoms with E-state index in [2.05, 4.69) is 10.3 Å². The molecule has 1 aromatic heterocycles. The monoisotopic (exact) mass is 280 g/mol. The van der Waals surface area contributed by atoms with Crippen molar-refractivity contribution < 1.29 is 4.79 Å². The molecule has 2 rings (SSSR count). The van der Waals surface area contributed by atoms with Crippen LogP contribution in [-0.4, -0.2) is 10.9 Å². The van der Waals surface area contributed by atoms with Crippen LogP contribution in [-0.2, 0) is 0 Å². The van der Waals surface area contributed by atoms with E-state index in [9.17, 15) is 4.79 Å². The third-order valence-corrected chi connectivity index (χ3v) is 3.15. The van der Waals surface area contributed by atoms with Crippen LogP contribution in [0.1, 0.15) is 15.9 Å². The average molecular weight is 281 g/mol. The molecule has 0 aliphatic rings. The third kappa shape index (κ3) is 2.81. The van der Waals surface area contributed by atoms with Crippen molar-refractivity contribution in [3.63, 3.8) is 0 Å². The van der Waals surface area contributed by atoms with Gasteiger partial charge >= 0.3 is 0 Å². The van der Waals surface area contributed by atoms with Crippen molar-refractivity contribution in [3.05, 3.63) is 57.8 Å². The fourth-order valence-electron chi connectivity index (χ4n) is 1.46. The van der Waals surface area contributed by atoms with Gasteiger partial charge in [-0.3, -0.25) is 4.79 Å². The van der Waals surface area contributed by atoms with Crippen molar-refractivity contribution >= 4 is 34.8 Å². The summed E-state index contributed by atoms with van der Waals surface area (Å²) in [7, 11) is 0. The summed E-state index contributed by atoms with van der Waals surface area (Å²) in [6.07, 6.45) is 1.56. The molecular formula is C13H10Cl2N2O. The quantitative estimate of drug-likeness (QED) is 0.847. The van der Waals surface area contributed by atoms with Crippen LogP contribution in [0, 0.1) is 6.92 Å². The van der Waals surface area contributed by atoms with E-state index in [0.717, 1.165) is 5.56 Å². The van der Waals surface area contributed by atoms with Crippen LogP contribution in [0.25, 0.3) is 0 Å². The lowest BCUT2D eigenvalue weighted by Crippen LogP contribution is -2.12. The van der Waals surface area contributed by atoms with E-state index < -0.39 is 0 Å². The van der Waals surface area contributed by atoms with Crippen LogP contribution in [0.3, 0.4) is 0 Å². The highest BCUT2D eigenvalue weighted by Gasteiger charge is 2.09. The highest BCUT2D eigenvalue weighted by atomic mass is 35.5. The second kappa shape index (κ2) is 5.38. The van der Waals surface area contributed by atoms with Gasteiger partial charge in [0.15, 0.2) is 5.15 Å². The molecule has 3 nitrogen and oxygen atoms in total. The molecule has 0 saturated carbocycles. The highest BCUT2D eigenvalue weighted by molar-refractivity contribution is 6.33. The Morgan fingerprint density at radius 2 is 2.06 bits per heavy atom. The molecule has 0 radical (unpaired) electrons. The number of nitrogens with one attached hydrogen (secondary N) is 1. The first-order valence-electron chi connectivity index (χ1n) is 5.26. The molecular weight excluding hydrogens is 271 g/mol. The third-order valence-electron chi connectivity index (χ3n) is 2.43. The standard InChI is InChI=1S/C13H10Cl2N2O/c1-8-7-9(4-5-10(8)14)13(18)17-11-3-2-6-16-12(11)15/h2-7H,1H3,(H,17,18). The van der Waals surface area contributed by atoms with E-state index in [4.69, 9.17) is 23.2 Å². The summed E-state index contributed by atoms with van der Waals surface area (Å²) in [5.41, 5.74) is 1.86. The van der Waals surface area contributed by atoms with Crippen LogP contribution in [0.5, 0.6) is 0 Å². The highest BCUT2D eigenvalue weighted by Crippen LogP contribution is 2.20. The Morgan fingerprint density at radius 1 is 1.28 bits per heavy atom. The molecule has 1 N–H and O–H groups in total. The second-order valence-corrected chi connectivity index (χ2v) is 4.53. The molecule has 1 amide bonds. The summed E-state index contributed by atoms with van der Waals surface area (Å²) in [5, 5.41) is 3.59. The Hall–Kier alpha value is -1.58. The Kier molecular flexibility index (Phi) is 3.84. The lowest BCUT2D eigenvalue weighted by Gasteiger charge is -2.07. The topological polar surface area (TPSA) is 42.0 Å². The Bertz CT molecular complexity index is 599. The number of hydrogen-bond acceptors (Lipinski definition) is 2. The average Bonchev–Trinajstić information content (AvgIpc) is 2.35. The SMILES string of the molecule is Cc1cc(C(=O)Nc2cccnc2Cl)ccc1Cl. The number of nitrogens with zero attached hydrogens (tertiary/aromatic N) is 1. The molecule has 1 heterocycles. The molecule has 0 atom stereocenters. The number of pyridine rings is 1. The van der Waals surface area contributed by atoms with Crippen LogP contribution in [0.4, 0.5) is 5.69 Å². The minimum Gasteiger partial charge on any atom is -0.319 e. The van der Waals surface area contributed by atoms with Crippen LogP contribution in [0.15, 0.2) is 36.5 Å². The Morgan fingerprint density at radius 3 is 2.72 bits per heavy atom. The van der Waals surface area contributed by atoms with Gasteiger partial charge in [-0.25, -0.2) is 4.98 Å². The maximum absolute atomic E-state index is 12.0. The summed E-state index contributed by atoms with van der Waals surface area (Å²) < 4.78 is 0. The molecule has 0 unspecified atom stereocenters. The maximum atomic E-state index is 12.0. The van der Waals surface area contributed by atoms with Gasteiger partial charge in [-0.2, -0.15) is 0 Å². The molecule has 92 valence electrons. The second-order valence-electron chi connectivity index (χ2n) is 3.76. The fourth-order valence-corrected chi connectivity index (χ4v) is 1.74. The lowest BCUT2D eigenvalue weighted by molar-refractivity contribution is 0.102. The van der Waals surface area contributed by atoms with E-state index in [1.165, 1.54) is 0 Å². The van der Waals surface area contributed by atoms with Gasteiger partial charge in [0.2, 0.25) is 0 Å². The largest absolute Gasteiger partial charge is 0.319 e. The number of anilines is 1. The molecule has 0 aliphatic heterocycles. The first kappa shape index (κ1) is 12.9. The zero-order chi connectivity index (χ0) is 13.1. The molecule has 0 bridgehead atoms. The minimum atomic E-state index is -0.246. The van der Waals surface area contributed by atoms with E-state index in [1.807, 2.05) is 6.92 Å². The number of aromatic nitrogens is 1. The van der Waals surface area contributed by atoms with Crippen LogP contribution >= 0.6 is 23.2 Å². The predicted molar refractivity (Wildman–Crippen MR) is 73.4 cm³/mol. The van der Waals surface area contributed by atoms with Gasteiger partial charge in [-0.05, 0) is 42.8 Å². The maximum Gasteiger partial charge on any atom is 0.255 e. The number of carbonyl (C=O) groups is 1. The normalized spacial score (nSPS) is 10.2. The van der Waals surface area contributed by atoms with Crippen molar-refractivity contribution in [3.8, 4) is 0 Å². The smallest absolute Gasteiger partial charge is 0.255 e. The van der Waals surface area contributed by atoms with Gasteiger partial charge < -0.3 is 5.32 Å². The molecule has 1 aromatic carbocycles. The summed E-state index contributed by atoms with van der Waals surface area (Å²) >= 11 is 11.8. The lowest BCUT2D eigenvalue weighted by atomic mass is 10.1. The Labute approximate surface area is 115 Å². The molecule has 0 fully saturated rings. The molecule has 0 spiro atoms. The van der Waals surface area contributed by atoms with Crippen molar-refractivity contribution in [2.24, 2.45) is 0 Å². The summed E-state index contributed by atoms with van der Waals surface area (Å²) in [6.45, 7) is 1.84. The molecule has 18 heavy (non-hydrogen) atoms. The zero-order valence-corrected chi connectivity index (χ0v) is 11.1. The first-order valence-corrected chi connectivity index (χ1v) is 6.01. The molecule has 5 heteroatoms. The van der Waals surface area contributed by atoms with Gasteiger partial charge in [0.05, 0.1) is 5.69 Å². The van der Waals surface area contributed by atoms with E-state index in [-0.39, 0.29) is 11.1 Å². The number of rotatable bonds is 2. The van der Waals surface area contributed by atoms with Gasteiger partial charge in [-0.1, -0.05) is 23.2 Å². The number of halogens is 2. The van der Waals surface area contributed by atoms with Crippen LogP contribution < -0.4 is 5.32 Å². The summed E-state index contributed by atoms with van der Waals surface area (Å²) in [6, 6.07) is 8.47. The summed E-state index contributed by atoms with van der Waals surface area (Å²) in [5.74, 6) is -0.246. The van der Waals surface area contributed by atoms with Crippen molar-refractivity contribution in [2.75, 3.05) is 5.32 Å². The number of carbonyl (C=O) groups excluding carboxylic acids is 1. The van der Waals surface area contributed by atoms with Crippen molar-refractivity contribution in [1.82, 2.24) is 4.98 Å². The minimum absolute atomic E-state index is 0.246. The van der Waals surface area contributed by atoms with Gasteiger partial charge in [0, 0.05) is 16.8 Å². The number of amides is 1.